The van der Waals surface area contributed by atoms with Crippen LogP contribution >= 0.6 is 0 Å². The molecular formula is C16H23NO4. The van der Waals surface area contributed by atoms with Gasteiger partial charge in [0.1, 0.15) is 5.75 Å². The van der Waals surface area contributed by atoms with Gasteiger partial charge in [0.05, 0.1) is 13.5 Å². The van der Waals surface area contributed by atoms with Crippen molar-refractivity contribution in [1.29, 1.82) is 0 Å². The monoisotopic (exact) mass is 293 g/mol. The Hall–Kier alpha value is -2.04. The highest BCUT2D eigenvalue weighted by molar-refractivity contribution is 5.77. The van der Waals surface area contributed by atoms with Gasteiger partial charge < -0.3 is 15.2 Å². The van der Waals surface area contributed by atoms with Crippen molar-refractivity contribution in [2.75, 3.05) is 13.7 Å². The SMILES string of the molecule is COc1ccccc1CCNC(=O)CC(C)(C)CC(=O)O. The summed E-state index contributed by atoms with van der Waals surface area (Å²) in [6.45, 7) is 4.06. The van der Waals surface area contributed by atoms with E-state index in [9.17, 15) is 9.59 Å². The molecule has 1 aromatic carbocycles. The van der Waals surface area contributed by atoms with Crippen molar-refractivity contribution in [2.24, 2.45) is 5.41 Å². The fourth-order valence-electron chi connectivity index (χ4n) is 2.22. The first-order chi connectivity index (χ1) is 9.84. The Labute approximate surface area is 125 Å². The molecule has 5 nitrogen and oxygen atoms in total. The number of ether oxygens (including phenoxy) is 1. The van der Waals surface area contributed by atoms with E-state index >= 15 is 0 Å². The molecule has 0 aliphatic heterocycles. The van der Waals surface area contributed by atoms with Gasteiger partial charge in [0, 0.05) is 13.0 Å². The second-order valence-corrected chi connectivity index (χ2v) is 5.82. The third-order valence-electron chi connectivity index (χ3n) is 3.18. The average molecular weight is 293 g/mol. The maximum Gasteiger partial charge on any atom is 0.303 e. The summed E-state index contributed by atoms with van der Waals surface area (Å²) < 4.78 is 5.25. The second kappa shape index (κ2) is 7.67. The highest BCUT2D eigenvalue weighted by Crippen LogP contribution is 2.24. The van der Waals surface area contributed by atoms with Gasteiger partial charge >= 0.3 is 5.97 Å². The molecule has 1 aromatic rings. The Balaban J connectivity index is 2.42. The smallest absolute Gasteiger partial charge is 0.303 e. The zero-order chi connectivity index (χ0) is 15.9. The number of methoxy groups -OCH3 is 1. The molecule has 0 spiro atoms. The molecule has 1 rings (SSSR count). The van der Waals surface area contributed by atoms with Crippen molar-refractivity contribution in [2.45, 2.75) is 33.1 Å². The average Bonchev–Trinajstić information content (AvgIpc) is 2.36. The molecule has 0 saturated heterocycles. The molecule has 2 N–H and O–H groups in total. The molecule has 0 aliphatic rings. The number of nitrogens with one attached hydrogen (secondary N) is 1. The molecule has 0 radical (unpaired) electrons. The Kier molecular flexibility index (Phi) is 6.21. The van der Waals surface area contributed by atoms with Crippen LogP contribution in [0.3, 0.4) is 0 Å². The topological polar surface area (TPSA) is 75.6 Å². The van der Waals surface area contributed by atoms with E-state index in [2.05, 4.69) is 5.32 Å². The van der Waals surface area contributed by atoms with Gasteiger partial charge in [-0.05, 0) is 23.5 Å². The highest BCUT2D eigenvalue weighted by atomic mass is 16.5. The second-order valence-electron chi connectivity index (χ2n) is 5.82. The maximum atomic E-state index is 11.8. The fraction of sp³-hybridized carbons (Fsp3) is 0.500. The number of carboxylic acids is 1. The minimum atomic E-state index is -0.887. The van der Waals surface area contributed by atoms with Crippen LogP contribution in [0.1, 0.15) is 32.3 Å². The molecule has 1 amide bonds. The minimum absolute atomic E-state index is 0.0209. The number of carboxylic acid groups (broad SMARTS) is 1. The predicted octanol–water partition coefficient (Wildman–Crippen LogP) is 2.24. The zero-order valence-corrected chi connectivity index (χ0v) is 12.8. The van der Waals surface area contributed by atoms with Crippen molar-refractivity contribution < 1.29 is 19.4 Å². The molecule has 0 aromatic heterocycles. The Morgan fingerprint density at radius 2 is 1.90 bits per heavy atom. The number of aliphatic carboxylic acids is 1. The lowest BCUT2D eigenvalue weighted by Crippen LogP contribution is -2.31. The molecule has 0 saturated carbocycles. The number of carbonyl (C=O) groups is 2. The summed E-state index contributed by atoms with van der Waals surface area (Å²) in [5, 5.41) is 11.6. The van der Waals surface area contributed by atoms with E-state index in [-0.39, 0.29) is 18.7 Å². The lowest BCUT2D eigenvalue weighted by molar-refractivity contribution is -0.139. The number of carbonyl (C=O) groups excluding carboxylic acids is 1. The molecule has 21 heavy (non-hydrogen) atoms. The van der Waals surface area contributed by atoms with E-state index < -0.39 is 11.4 Å². The van der Waals surface area contributed by atoms with E-state index in [0.29, 0.717) is 13.0 Å². The van der Waals surface area contributed by atoms with E-state index in [1.165, 1.54) is 0 Å². The number of benzene rings is 1. The van der Waals surface area contributed by atoms with Crippen molar-refractivity contribution >= 4 is 11.9 Å². The van der Waals surface area contributed by atoms with Crippen LogP contribution in [0.5, 0.6) is 5.75 Å². The molecule has 116 valence electrons. The van der Waals surface area contributed by atoms with Crippen molar-refractivity contribution in [3.05, 3.63) is 29.8 Å². The van der Waals surface area contributed by atoms with Gasteiger partial charge in [-0.15, -0.1) is 0 Å². The van der Waals surface area contributed by atoms with Gasteiger partial charge in [0.25, 0.3) is 0 Å². The molecule has 0 unspecified atom stereocenters. The van der Waals surface area contributed by atoms with Crippen LogP contribution in [-0.2, 0) is 16.0 Å². The number of hydrogen-bond acceptors (Lipinski definition) is 3. The van der Waals surface area contributed by atoms with Crippen molar-refractivity contribution in [3.63, 3.8) is 0 Å². The van der Waals surface area contributed by atoms with E-state index in [1.54, 1.807) is 21.0 Å². The van der Waals surface area contributed by atoms with Crippen LogP contribution in [0.15, 0.2) is 24.3 Å². The number of rotatable bonds is 8. The molecular weight excluding hydrogens is 270 g/mol. The number of amides is 1. The Morgan fingerprint density at radius 1 is 1.24 bits per heavy atom. The van der Waals surface area contributed by atoms with Crippen LogP contribution in [0.2, 0.25) is 0 Å². The molecule has 0 bridgehead atoms. The van der Waals surface area contributed by atoms with Gasteiger partial charge in [-0.3, -0.25) is 9.59 Å². The third-order valence-corrected chi connectivity index (χ3v) is 3.18. The van der Waals surface area contributed by atoms with Gasteiger partial charge in [-0.1, -0.05) is 32.0 Å². The maximum absolute atomic E-state index is 11.8. The standard InChI is InChI=1S/C16H23NO4/c1-16(2,11-15(19)20)10-14(18)17-9-8-12-6-4-5-7-13(12)21-3/h4-7H,8-11H2,1-3H3,(H,17,18)(H,19,20). The summed E-state index contributed by atoms with van der Waals surface area (Å²) in [5.74, 6) is -0.212. The molecule has 0 atom stereocenters. The van der Waals surface area contributed by atoms with Gasteiger partial charge in [-0.2, -0.15) is 0 Å². The van der Waals surface area contributed by atoms with Crippen LogP contribution in [-0.4, -0.2) is 30.6 Å². The Bertz CT molecular complexity index is 497. The summed E-state index contributed by atoms with van der Waals surface area (Å²) in [5.41, 5.74) is 0.491. The highest BCUT2D eigenvalue weighted by Gasteiger charge is 2.24. The predicted molar refractivity (Wildman–Crippen MR) is 80.4 cm³/mol. The molecule has 5 heteroatoms. The largest absolute Gasteiger partial charge is 0.496 e. The van der Waals surface area contributed by atoms with Crippen LogP contribution < -0.4 is 10.1 Å². The summed E-state index contributed by atoms with van der Waals surface area (Å²) in [4.78, 5) is 22.6. The lowest BCUT2D eigenvalue weighted by Gasteiger charge is -2.21. The fourth-order valence-corrected chi connectivity index (χ4v) is 2.22. The van der Waals surface area contributed by atoms with E-state index in [0.717, 1.165) is 11.3 Å². The number of para-hydroxylation sites is 1. The van der Waals surface area contributed by atoms with Gasteiger partial charge in [0.15, 0.2) is 0 Å². The Morgan fingerprint density at radius 3 is 2.52 bits per heavy atom. The summed E-state index contributed by atoms with van der Waals surface area (Å²) in [7, 11) is 1.62. The first-order valence-corrected chi connectivity index (χ1v) is 6.94. The van der Waals surface area contributed by atoms with Crippen molar-refractivity contribution in [1.82, 2.24) is 5.32 Å². The first kappa shape index (κ1) is 17.0. The van der Waals surface area contributed by atoms with E-state index in [1.807, 2.05) is 24.3 Å². The normalized spacial score (nSPS) is 11.0. The van der Waals surface area contributed by atoms with Crippen LogP contribution in [0, 0.1) is 5.41 Å². The minimum Gasteiger partial charge on any atom is -0.496 e. The first-order valence-electron chi connectivity index (χ1n) is 6.94. The zero-order valence-electron chi connectivity index (χ0n) is 12.8. The van der Waals surface area contributed by atoms with E-state index in [4.69, 9.17) is 9.84 Å². The summed E-state index contributed by atoms with van der Waals surface area (Å²) in [6.07, 6.45) is 0.854. The molecule has 0 heterocycles. The summed E-state index contributed by atoms with van der Waals surface area (Å²) in [6, 6.07) is 7.66. The lowest BCUT2D eigenvalue weighted by atomic mass is 9.85. The van der Waals surface area contributed by atoms with Crippen LogP contribution in [0.4, 0.5) is 0 Å². The molecule has 0 fully saturated rings. The number of hydrogen-bond donors (Lipinski definition) is 2. The quantitative estimate of drug-likeness (QED) is 0.771. The molecule has 0 aliphatic carbocycles. The third kappa shape index (κ3) is 6.29. The summed E-state index contributed by atoms with van der Waals surface area (Å²) >= 11 is 0. The van der Waals surface area contributed by atoms with Crippen LogP contribution in [0.25, 0.3) is 0 Å². The van der Waals surface area contributed by atoms with Crippen molar-refractivity contribution in [3.8, 4) is 5.75 Å². The van der Waals surface area contributed by atoms with Gasteiger partial charge in [-0.25, -0.2) is 0 Å². The van der Waals surface area contributed by atoms with Gasteiger partial charge in [0.2, 0.25) is 5.91 Å².